The third-order valence-corrected chi connectivity index (χ3v) is 5.34. The molecule has 0 saturated heterocycles. The van der Waals surface area contributed by atoms with E-state index in [0.29, 0.717) is 22.0 Å². The van der Waals surface area contributed by atoms with Gasteiger partial charge in [-0.2, -0.15) is 0 Å². The summed E-state index contributed by atoms with van der Waals surface area (Å²) in [6.07, 6.45) is 0. The minimum absolute atomic E-state index is 0.0245. The van der Waals surface area contributed by atoms with Gasteiger partial charge in [0, 0.05) is 12.0 Å². The van der Waals surface area contributed by atoms with E-state index < -0.39 is 0 Å². The zero-order valence-electron chi connectivity index (χ0n) is 12.5. The third kappa shape index (κ3) is 1.87. The van der Waals surface area contributed by atoms with Crippen LogP contribution in [-0.4, -0.2) is 14.8 Å². The molecule has 1 aliphatic rings. The van der Waals surface area contributed by atoms with Crippen LogP contribution >= 0.6 is 11.6 Å². The van der Waals surface area contributed by atoms with E-state index in [4.69, 9.17) is 11.6 Å². The lowest BCUT2D eigenvalue weighted by Crippen LogP contribution is -2.20. The molecule has 2 rings (SSSR count). The van der Waals surface area contributed by atoms with Crippen molar-refractivity contribution in [1.82, 2.24) is 14.8 Å². The lowest BCUT2D eigenvalue weighted by Gasteiger charge is -2.19. The van der Waals surface area contributed by atoms with Crippen molar-refractivity contribution in [3.8, 4) is 0 Å². The molecule has 0 atom stereocenters. The van der Waals surface area contributed by atoms with Crippen LogP contribution in [0.15, 0.2) is 0 Å². The van der Waals surface area contributed by atoms with Crippen molar-refractivity contribution in [2.24, 2.45) is 16.7 Å². The standard InChI is InChI=1S/C14H24ClN3/c1-12(2,3)10-16-17-11(15)18(10)8-9-13(4,5)14(9,6)7/h9H,8H2,1-7H3. The third-order valence-electron chi connectivity index (χ3n) is 5.06. The van der Waals surface area contributed by atoms with Gasteiger partial charge in [-0.25, -0.2) is 0 Å². The molecule has 4 heteroatoms. The maximum atomic E-state index is 6.20. The van der Waals surface area contributed by atoms with Gasteiger partial charge in [0.05, 0.1) is 0 Å². The van der Waals surface area contributed by atoms with Crippen LogP contribution < -0.4 is 0 Å². The van der Waals surface area contributed by atoms with E-state index in [1.165, 1.54) is 0 Å². The highest BCUT2D eigenvalue weighted by atomic mass is 35.5. The molecule has 1 heterocycles. The van der Waals surface area contributed by atoms with Crippen LogP contribution in [0.25, 0.3) is 0 Å². The van der Waals surface area contributed by atoms with Gasteiger partial charge in [0.15, 0.2) is 0 Å². The van der Waals surface area contributed by atoms with Crippen LogP contribution in [0.2, 0.25) is 5.28 Å². The van der Waals surface area contributed by atoms with Gasteiger partial charge in [-0.05, 0) is 28.3 Å². The van der Waals surface area contributed by atoms with Gasteiger partial charge in [0.2, 0.25) is 5.28 Å². The average Bonchev–Trinajstić information content (AvgIpc) is 2.51. The predicted molar refractivity (Wildman–Crippen MR) is 74.8 cm³/mol. The SMILES string of the molecule is CC(C)(C)c1nnc(Cl)n1CC1C(C)(C)C1(C)C. The minimum Gasteiger partial charge on any atom is -0.301 e. The fraction of sp³-hybridized carbons (Fsp3) is 0.857. The van der Waals surface area contributed by atoms with E-state index in [-0.39, 0.29) is 5.41 Å². The summed E-state index contributed by atoms with van der Waals surface area (Å²) in [5.41, 5.74) is 0.689. The van der Waals surface area contributed by atoms with Gasteiger partial charge < -0.3 is 4.57 Å². The summed E-state index contributed by atoms with van der Waals surface area (Å²) in [6, 6.07) is 0. The van der Waals surface area contributed by atoms with Gasteiger partial charge in [0.25, 0.3) is 0 Å². The molecule has 3 nitrogen and oxygen atoms in total. The monoisotopic (exact) mass is 269 g/mol. The molecule has 1 fully saturated rings. The molecule has 0 aliphatic heterocycles. The van der Waals surface area contributed by atoms with Crippen molar-refractivity contribution in [2.75, 3.05) is 0 Å². The molecule has 1 saturated carbocycles. The molecule has 0 aromatic carbocycles. The minimum atomic E-state index is -0.0245. The van der Waals surface area contributed by atoms with Crippen LogP contribution in [0.4, 0.5) is 0 Å². The summed E-state index contributed by atoms with van der Waals surface area (Å²) in [7, 11) is 0. The molecular weight excluding hydrogens is 246 g/mol. The van der Waals surface area contributed by atoms with Crippen molar-refractivity contribution >= 4 is 11.6 Å². The van der Waals surface area contributed by atoms with Gasteiger partial charge in [0.1, 0.15) is 5.82 Å². The first-order chi connectivity index (χ1) is 7.99. The molecule has 1 aromatic rings. The summed E-state index contributed by atoms with van der Waals surface area (Å²) in [5.74, 6) is 1.60. The van der Waals surface area contributed by atoms with E-state index >= 15 is 0 Å². The van der Waals surface area contributed by atoms with Crippen molar-refractivity contribution in [3.05, 3.63) is 11.1 Å². The second kappa shape index (κ2) is 3.72. The summed E-state index contributed by atoms with van der Waals surface area (Å²) in [4.78, 5) is 0. The predicted octanol–water partition coefficient (Wildman–Crippen LogP) is 3.91. The second-order valence-corrected chi connectivity index (χ2v) is 7.99. The molecule has 0 bridgehead atoms. The van der Waals surface area contributed by atoms with Crippen LogP contribution in [0, 0.1) is 16.7 Å². The molecular formula is C14H24ClN3. The number of hydrogen-bond acceptors (Lipinski definition) is 2. The summed E-state index contributed by atoms with van der Waals surface area (Å²) in [6.45, 7) is 16.7. The van der Waals surface area contributed by atoms with Gasteiger partial charge in [-0.15, -0.1) is 10.2 Å². The Bertz CT molecular complexity index is 452. The maximum absolute atomic E-state index is 6.20. The molecule has 0 amide bonds. The van der Waals surface area contributed by atoms with Crippen LogP contribution in [0.1, 0.15) is 54.3 Å². The van der Waals surface area contributed by atoms with Crippen molar-refractivity contribution in [3.63, 3.8) is 0 Å². The zero-order valence-corrected chi connectivity index (χ0v) is 13.3. The Labute approximate surface area is 115 Å². The fourth-order valence-corrected chi connectivity index (χ4v) is 3.16. The quantitative estimate of drug-likeness (QED) is 0.815. The number of halogens is 1. The largest absolute Gasteiger partial charge is 0.301 e. The second-order valence-electron chi connectivity index (χ2n) is 7.65. The summed E-state index contributed by atoms with van der Waals surface area (Å²) in [5, 5.41) is 8.79. The molecule has 0 unspecified atom stereocenters. The maximum Gasteiger partial charge on any atom is 0.225 e. The average molecular weight is 270 g/mol. The highest BCUT2D eigenvalue weighted by Crippen LogP contribution is 2.69. The molecule has 18 heavy (non-hydrogen) atoms. The highest BCUT2D eigenvalue weighted by Gasteiger charge is 2.64. The Hall–Kier alpha value is -0.570. The van der Waals surface area contributed by atoms with E-state index in [1.807, 2.05) is 0 Å². The van der Waals surface area contributed by atoms with E-state index in [9.17, 15) is 0 Å². The van der Waals surface area contributed by atoms with Crippen LogP contribution in [0.5, 0.6) is 0 Å². The van der Waals surface area contributed by atoms with Gasteiger partial charge in [-0.3, -0.25) is 0 Å². The number of rotatable bonds is 2. The van der Waals surface area contributed by atoms with Crippen molar-refractivity contribution in [2.45, 2.75) is 60.4 Å². The van der Waals surface area contributed by atoms with Gasteiger partial charge >= 0.3 is 0 Å². The van der Waals surface area contributed by atoms with E-state index in [0.717, 1.165) is 12.4 Å². The molecule has 0 radical (unpaired) electrons. The Balaban J connectivity index is 2.29. The molecule has 102 valence electrons. The first-order valence-electron chi connectivity index (χ1n) is 6.59. The topological polar surface area (TPSA) is 30.7 Å². The molecule has 1 aromatic heterocycles. The number of nitrogens with zero attached hydrogens (tertiary/aromatic N) is 3. The van der Waals surface area contributed by atoms with E-state index in [2.05, 4.69) is 63.2 Å². The van der Waals surface area contributed by atoms with Crippen LogP contribution in [0.3, 0.4) is 0 Å². The van der Waals surface area contributed by atoms with Crippen LogP contribution in [-0.2, 0) is 12.0 Å². The number of aromatic nitrogens is 3. The Morgan fingerprint density at radius 3 is 2.00 bits per heavy atom. The first-order valence-corrected chi connectivity index (χ1v) is 6.96. The summed E-state index contributed by atoms with van der Waals surface area (Å²) >= 11 is 6.20. The Morgan fingerprint density at radius 2 is 1.61 bits per heavy atom. The molecule has 1 aliphatic carbocycles. The molecule has 0 N–H and O–H groups in total. The lowest BCUT2D eigenvalue weighted by atomic mass is 9.95. The normalized spacial score (nSPS) is 22.2. The summed E-state index contributed by atoms with van der Waals surface area (Å²) < 4.78 is 2.09. The fourth-order valence-electron chi connectivity index (χ4n) is 2.97. The van der Waals surface area contributed by atoms with Crippen molar-refractivity contribution in [1.29, 1.82) is 0 Å². The van der Waals surface area contributed by atoms with Gasteiger partial charge in [-0.1, -0.05) is 48.5 Å². The van der Waals surface area contributed by atoms with E-state index in [1.54, 1.807) is 0 Å². The Kier molecular flexibility index (Phi) is 2.86. The highest BCUT2D eigenvalue weighted by molar-refractivity contribution is 6.28. The first kappa shape index (κ1) is 13.9. The number of hydrogen-bond donors (Lipinski definition) is 0. The Morgan fingerprint density at radius 1 is 1.11 bits per heavy atom. The molecule has 0 spiro atoms. The van der Waals surface area contributed by atoms with Crippen molar-refractivity contribution < 1.29 is 0 Å². The zero-order chi connectivity index (χ0) is 13.9. The smallest absolute Gasteiger partial charge is 0.225 e. The lowest BCUT2D eigenvalue weighted by molar-refractivity contribution is 0.448.